The van der Waals surface area contributed by atoms with Gasteiger partial charge in [-0.05, 0) is 43.0 Å². The molecule has 7 heteroatoms. The summed E-state index contributed by atoms with van der Waals surface area (Å²) in [4.78, 5) is 28.6. The van der Waals surface area contributed by atoms with Crippen LogP contribution >= 0.6 is 0 Å². The summed E-state index contributed by atoms with van der Waals surface area (Å²) in [6, 6.07) is 16.9. The predicted octanol–water partition coefficient (Wildman–Crippen LogP) is 2.62. The average Bonchev–Trinajstić information content (AvgIpc) is 3.65. The molecule has 0 radical (unpaired) electrons. The van der Waals surface area contributed by atoms with Crippen molar-refractivity contribution in [2.45, 2.75) is 32.9 Å². The molecule has 1 aliphatic rings. The smallest absolute Gasteiger partial charge is 0.338 e. The molecular weight excluding hydrogens is 392 g/mol. The maximum atomic E-state index is 12.4. The zero-order valence-electron chi connectivity index (χ0n) is 17.9. The molecular formula is C24H30N4O3. The Balaban J connectivity index is 1.49. The Labute approximate surface area is 183 Å². The molecule has 2 aromatic rings. The number of guanidine groups is 1. The second-order valence-electron chi connectivity index (χ2n) is 7.45. The molecule has 31 heavy (non-hydrogen) atoms. The van der Waals surface area contributed by atoms with Crippen molar-refractivity contribution in [2.75, 3.05) is 19.6 Å². The van der Waals surface area contributed by atoms with E-state index in [9.17, 15) is 9.59 Å². The Morgan fingerprint density at radius 3 is 2.45 bits per heavy atom. The van der Waals surface area contributed by atoms with Crippen LogP contribution in [0.25, 0.3) is 0 Å². The van der Waals surface area contributed by atoms with Crippen LogP contribution in [0, 0.1) is 5.92 Å². The Morgan fingerprint density at radius 1 is 0.968 bits per heavy atom. The standard InChI is InChI=1S/C24H30N4O3/c1-2-25-24(27-14-13-26-22(29)20-11-12-20)28-16-19-9-6-10-21(15-19)23(30)31-17-18-7-4-3-5-8-18/h3-10,15,20H,2,11-14,16-17H2,1H3,(H,26,29)(H2,25,27,28). The van der Waals surface area contributed by atoms with E-state index in [-0.39, 0.29) is 24.4 Å². The van der Waals surface area contributed by atoms with Gasteiger partial charge < -0.3 is 20.7 Å². The van der Waals surface area contributed by atoms with E-state index < -0.39 is 0 Å². The lowest BCUT2D eigenvalue weighted by Crippen LogP contribution is -2.41. The second kappa shape index (κ2) is 11.7. The van der Waals surface area contributed by atoms with Crippen molar-refractivity contribution in [3.63, 3.8) is 0 Å². The molecule has 0 heterocycles. The molecule has 1 amide bonds. The Morgan fingerprint density at radius 2 is 1.71 bits per heavy atom. The minimum absolute atomic E-state index is 0.139. The fourth-order valence-electron chi connectivity index (χ4n) is 2.97. The molecule has 1 fully saturated rings. The number of aliphatic imine (C=N–C) groups is 1. The first-order valence-electron chi connectivity index (χ1n) is 10.8. The zero-order valence-corrected chi connectivity index (χ0v) is 17.9. The lowest BCUT2D eigenvalue weighted by atomic mass is 10.1. The van der Waals surface area contributed by atoms with E-state index in [4.69, 9.17) is 4.74 Å². The molecule has 2 aromatic carbocycles. The second-order valence-corrected chi connectivity index (χ2v) is 7.45. The zero-order chi connectivity index (χ0) is 21.9. The molecule has 0 unspecified atom stereocenters. The van der Waals surface area contributed by atoms with Gasteiger partial charge in [0.1, 0.15) is 6.61 Å². The summed E-state index contributed by atoms with van der Waals surface area (Å²) >= 11 is 0. The van der Waals surface area contributed by atoms with Gasteiger partial charge in [0.15, 0.2) is 5.96 Å². The van der Waals surface area contributed by atoms with E-state index in [1.807, 2.05) is 49.4 Å². The number of hydrogen-bond donors (Lipinski definition) is 3. The molecule has 3 N–H and O–H groups in total. The molecule has 7 nitrogen and oxygen atoms in total. The molecule has 0 aromatic heterocycles. The van der Waals surface area contributed by atoms with Crippen molar-refractivity contribution in [3.05, 3.63) is 71.3 Å². The molecule has 0 saturated heterocycles. The first-order valence-corrected chi connectivity index (χ1v) is 10.8. The summed E-state index contributed by atoms with van der Waals surface area (Å²) < 4.78 is 5.41. The van der Waals surface area contributed by atoms with Gasteiger partial charge in [-0.1, -0.05) is 42.5 Å². The van der Waals surface area contributed by atoms with Crippen molar-refractivity contribution >= 4 is 17.8 Å². The third-order valence-corrected chi connectivity index (χ3v) is 4.80. The topological polar surface area (TPSA) is 91.8 Å². The van der Waals surface area contributed by atoms with Crippen molar-refractivity contribution in [2.24, 2.45) is 10.9 Å². The predicted molar refractivity (Wildman–Crippen MR) is 121 cm³/mol. The van der Waals surface area contributed by atoms with E-state index in [1.165, 1.54) is 0 Å². The Kier molecular flexibility index (Phi) is 8.46. The van der Waals surface area contributed by atoms with Gasteiger partial charge in [0.05, 0.1) is 12.1 Å². The fourth-order valence-corrected chi connectivity index (χ4v) is 2.97. The van der Waals surface area contributed by atoms with E-state index in [0.717, 1.165) is 30.5 Å². The van der Waals surface area contributed by atoms with Gasteiger partial charge in [-0.25, -0.2) is 9.79 Å². The van der Waals surface area contributed by atoms with Crippen molar-refractivity contribution in [1.82, 2.24) is 16.0 Å². The number of ether oxygens (including phenoxy) is 1. The van der Waals surface area contributed by atoms with Gasteiger partial charge in [0.2, 0.25) is 5.91 Å². The number of hydrogen-bond acceptors (Lipinski definition) is 4. The quantitative estimate of drug-likeness (QED) is 0.237. The number of rotatable bonds is 10. The number of benzene rings is 2. The number of nitrogens with one attached hydrogen (secondary N) is 3. The summed E-state index contributed by atoms with van der Waals surface area (Å²) in [6.07, 6.45) is 2.00. The third kappa shape index (κ3) is 7.77. The van der Waals surface area contributed by atoms with Crippen LogP contribution in [0.1, 0.15) is 41.3 Å². The molecule has 3 rings (SSSR count). The summed E-state index contributed by atoms with van der Waals surface area (Å²) in [5.74, 6) is 0.666. The number of amides is 1. The van der Waals surface area contributed by atoms with Crippen LogP contribution in [0.2, 0.25) is 0 Å². The maximum absolute atomic E-state index is 12.4. The van der Waals surface area contributed by atoms with Crippen molar-refractivity contribution in [3.8, 4) is 0 Å². The van der Waals surface area contributed by atoms with E-state index in [0.29, 0.717) is 31.2 Å². The van der Waals surface area contributed by atoms with Crippen LogP contribution in [0.3, 0.4) is 0 Å². The largest absolute Gasteiger partial charge is 0.457 e. The first-order chi connectivity index (χ1) is 15.2. The SMILES string of the molecule is CCNC(=NCc1cccc(C(=O)OCc2ccccc2)c1)NCCNC(=O)C1CC1. The molecule has 1 saturated carbocycles. The summed E-state index contributed by atoms with van der Waals surface area (Å²) in [5.41, 5.74) is 2.36. The molecule has 0 aliphatic heterocycles. The van der Waals surface area contributed by atoms with Crippen molar-refractivity contribution in [1.29, 1.82) is 0 Å². The summed E-state index contributed by atoms with van der Waals surface area (Å²) in [6.45, 7) is 4.54. The lowest BCUT2D eigenvalue weighted by Gasteiger charge is -2.12. The van der Waals surface area contributed by atoms with E-state index in [1.54, 1.807) is 12.1 Å². The van der Waals surface area contributed by atoms with Crippen LogP contribution in [0.15, 0.2) is 59.6 Å². The Hall–Kier alpha value is -3.35. The molecule has 1 aliphatic carbocycles. The lowest BCUT2D eigenvalue weighted by molar-refractivity contribution is -0.122. The molecule has 0 bridgehead atoms. The van der Waals surface area contributed by atoms with Crippen LogP contribution in [-0.4, -0.2) is 37.5 Å². The maximum Gasteiger partial charge on any atom is 0.338 e. The number of esters is 1. The highest BCUT2D eigenvalue weighted by Crippen LogP contribution is 2.28. The highest BCUT2D eigenvalue weighted by Gasteiger charge is 2.28. The van der Waals surface area contributed by atoms with Gasteiger partial charge in [0.25, 0.3) is 0 Å². The highest BCUT2D eigenvalue weighted by molar-refractivity contribution is 5.89. The number of carbonyl (C=O) groups excluding carboxylic acids is 2. The fraction of sp³-hybridized carbons (Fsp3) is 0.375. The van der Waals surface area contributed by atoms with Gasteiger partial charge in [-0.2, -0.15) is 0 Å². The molecule has 164 valence electrons. The van der Waals surface area contributed by atoms with Gasteiger partial charge >= 0.3 is 5.97 Å². The van der Waals surface area contributed by atoms with Gasteiger partial charge in [-0.3, -0.25) is 4.79 Å². The monoisotopic (exact) mass is 422 g/mol. The normalized spacial score (nSPS) is 13.4. The number of carbonyl (C=O) groups is 2. The first kappa shape index (κ1) is 22.3. The third-order valence-electron chi connectivity index (χ3n) is 4.80. The average molecular weight is 423 g/mol. The van der Waals surface area contributed by atoms with Crippen LogP contribution in [0.5, 0.6) is 0 Å². The van der Waals surface area contributed by atoms with Crippen molar-refractivity contribution < 1.29 is 14.3 Å². The number of nitrogens with zero attached hydrogens (tertiary/aromatic N) is 1. The highest BCUT2D eigenvalue weighted by atomic mass is 16.5. The molecule has 0 spiro atoms. The summed E-state index contributed by atoms with van der Waals surface area (Å²) in [5, 5.41) is 9.32. The molecule has 0 atom stereocenters. The van der Waals surface area contributed by atoms with Crippen LogP contribution < -0.4 is 16.0 Å². The van der Waals surface area contributed by atoms with Crippen LogP contribution in [-0.2, 0) is 22.7 Å². The summed E-state index contributed by atoms with van der Waals surface area (Å²) in [7, 11) is 0. The van der Waals surface area contributed by atoms with Crippen LogP contribution in [0.4, 0.5) is 0 Å². The van der Waals surface area contributed by atoms with E-state index in [2.05, 4.69) is 20.9 Å². The van der Waals surface area contributed by atoms with E-state index >= 15 is 0 Å². The minimum atomic E-state index is -0.355. The van der Waals surface area contributed by atoms with Gasteiger partial charge in [-0.15, -0.1) is 0 Å². The minimum Gasteiger partial charge on any atom is -0.457 e. The van der Waals surface area contributed by atoms with Gasteiger partial charge in [0, 0.05) is 25.6 Å². The Bertz CT molecular complexity index is 895.